The van der Waals surface area contributed by atoms with Gasteiger partial charge in [-0.15, -0.1) is 0 Å². The molecule has 1 saturated carbocycles. The molecule has 0 amide bonds. The van der Waals surface area contributed by atoms with Gasteiger partial charge in [0.05, 0.1) is 11.8 Å². The highest BCUT2D eigenvalue weighted by Crippen LogP contribution is 2.43. The molecule has 120 valence electrons. The molecule has 0 radical (unpaired) electrons. The summed E-state index contributed by atoms with van der Waals surface area (Å²) in [6, 6.07) is 0.341. The van der Waals surface area contributed by atoms with E-state index in [-0.39, 0.29) is 5.60 Å². The summed E-state index contributed by atoms with van der Waals surface area (Å²) in [4.78, 5) is 0. The first kappa shape index (κ1) is 16.5. The lowest BCUT2D eigenvalue weighted by Crippen LogP contribution is -2.54. The largest absolute Gasteiger partial charge is 0.377 e. The number of likely N-dealkylation sites (N-methyl/N-ethyl adjacent to an activating group) is 1. The predicted molar refractivity (Wildman–Crippen MR) is 86.4 cm³/mol. The normalized spacial score (nSPS) is 22.1. The van der Waals surface area contributed by atoms with Crippen LogP contribution in [0, 0.1) is 5.41 Å². The number of ether oxygens (including phenoxy) is 1. The topological polar surface area (TPSA) is 39.1 Å². The van der Waals surface area contributed by atoms with Crippen LogP contribution < -0.4 is 5.32 Å². The van der Waals surface area contributed by atoms with E-state index >= 15 is 0 Å². The van der Waals surface area contributed by atoms with Gasteiger partial charge in [0.2, 0.25) is 0 Å². The lowest BCUT2D eigenvalue weighted by Gasteiger charge is -2.47. The van der Waals surface area contributed by atoms with Crippen LogP contribution in [0.1, 0.15) is 52.0 Å². The van der Waals surface area contributed by atoms with E-state index in [1.54, 1.807) is 0 Å². The molecule has 0 aromatic carbocycles. The molecule has 1 unspecified atom stereocenters. The number of nitrogens with one attached hydrogen (secondary N) is 1. The highest BCUT2D eigenvalue weighted by atomic mass is 16.5. The van der Waals surface area contributed by atoms with Crippen molar-refractivity contribution in [2.45, 2.75) is 71.1 Å². The van der Waals surface area contributed by atoms with Crippen LogP contribution in [0.3, 0.4) is 0 Å². The maximum absolute atomic E-state index is 6.04. The fraction of sp³-hybridized carbons (Fsp3) is 0.824. The van der Waals surface area contributed by atoms with Crippen LogP contribution in [0.15, 0.2) is 12.4 Å². The molecule has 1 aromatic heterocycles. The van der Waals surface area contributed by atoms with E-state index in [4.69, 9.17) is 4.74 Å². The van der Waals surface area contributed by atoms with Crippen molar-refractivity contribution in [2.24, 2.45) is 5.41 Å². The van der Waals surface area contributed by atoms with Crippen molar-refractivity contribution in [3.05, 3.63) is 18.0 Å². The third-order valence-electron chi connectivity index (χ3n) is 5.29. The molecule has 1 aliphatic rings. The molecule has 0 aliphatic heterocycles. The molecule has 2 rings (SSSR count). The van der Waals surface area contributed by atoms with Gasteiger partial charge in [-0.2, -0.15) is 5.10 Å². The third-order valence-corrected chi connectivity index (χ3v) is 5.29. The van der Waals surface area contributed by atoms with E-state index in [2.05, 4.69) is 44.4 Å². The molecule has 1 aromatic rings. The van der Waals surface area contributed by atoms with Gasteiger partial charge in [-0.3, -0.25) is 4.68 Å². The van der Waals surface area contributed by atoms with E-state index in [0.717, 1.165) is 25.8 Å². The molecule has 21 heavy (non-hydrogen) atoms. The first-order valence-corrected chi connectivity index (χ1v) is 8.18. The minimum absolute atomic E-state index is 0.0431. The van der Waals surface area contributed by atoms with Gasteiger partial charge in [0.15, 0.2) is 0 Å². The summed E-state index contributed by atoms with van der Waals surface area (Å²) in [7, 11) is 3.92. The number of methoxy groups -OCH3 is 1. The quantitative estimate of drug-likeness (QED) is 0.876. The van der Waals surface area contributed by atoms with Crippen LogP contribution in [0.4, 0.5) is 0 Å². The van der Waals surface area contributed by atoms with Gasteiger partial charge < -0.3 is 10.1 Å². The Kier molecular flexibility index (Phi) is 5.10. The lowest BCUT2D eigenvalue weighted by atomic mass is 9.67. The summed E-state index contributed by atoms with van der Waals surface area (Å²) in [6.07, 6.45) is 9.84. The summed E-state index contributed by atoms with van der Waals surface area (Å²) in [6.45, 7) is 7.78. The summed E-state index contributed by atoms with van der Waals surface area (Å²) in [5, 5.41) is 7.89. The molecule has 0 spiro atoms. The molecule has 1 heterocycles. The van der Waals surface area contributed by atoms with Crippen molar-refractivity contribution in [2.75, 3.05) is 14.2 Å². The number of hydrogen-bond donors (Lipinski definition) is 1. The number of rotatable bonds is 6. The molecule has 4 heteroatoms. The Labute approximate surface area is 129 Å². The van der Waals surface area contributed by atoms with Crippen molar-refractivity contribution in [3.63, 3.8) is 0 Å². The number of aromatic nitrogens is 2. The van der Waals surface area contributed by atoms with Crippen LogP contribution in [0.2, 0.25) is 0 Å². The smallest absolute Gasteiger partial charge is 0.0834 e. The summed E-state index contributed by atoms with van der Waals surface area (Å²) < 4.78 is 8.03. The Balaban J connectivity index is 2.10. The van der Waals surface area contributed by atoms with Gasteiger partial charge in [-0.05, 0) is 57.1 Å². The Bertz CT molecular complexity index is 443. The maximum atomic E-state index is 6.04. The second-order valence-electron chi connectivity index (χ2n) is 7.18. The average Bonchev–Trinajstić information content (AvgIpc) is 2.93. The summed E-state index contributed by atoms with van der Waals surface area (Å²) >= 11 is 0. The summed E-state index contributed by atoms with van der Waals surface area (Å²) in [5.41, 5.74) is 1.70. The van der Waals surface area contributed by atoms with Gasteiger partial charge in [0.1, 0.15) is 0 Å². The van der Waals surface area contributed by atoms with Crippen LogP contribution in [0.5, 0.6) is 0 Å². The number of hydrogen-bond acceptors (Lipinski definition) is 3. The maximum Gasteiger partial charge on any atom is 0.0834 e. The standard InChI is InChI=1S/C17H31N3O/c1-6-20-13-14(12-19-20)11-15(18-4)17(21-5)9-7-16(2,3)8-10-17/h12-13,15,18H,6-11H2,1-5H3. The van der Waals surface area contributed by atoms with E-state index in [9.17, 15) is 0 Å². The van der Waals surface area contributed by atoms with Crippen molar-refractivity contribution in [3.8, 4) is 0 Å². The zero-order valence-electron chi connectivity index (χ0n) is 14.3. The van der Waals surface area contributed by atoms with Gasteiger partial charge in [-0.25, -0.2) is 0 Å². The third kappa shape index (κ3) is 3.67. The zero-order chi connectivity index (χ0) is 15.5. The van der Waals surface area contributed by atoms with Crippen molar-refractivity contribution >= 4 is 0 Å². The van der Waals surface area contributed by atoms with Gasteiger partial charge >= 0.3 is 0 Å². The zero-order valence-corrected chi connectivity index (χ0v) is 14.3. The van der Waals surface area contributed by atoms with E-state index in [1.807, 2.05) is 18.0 Å². The Morgan fingerprint density at radius 2 is 2.00 bits per heavy atom. The monoisotopic (exact) mass is 293 g/mol. The molecule has 1 N–H and O–H groups in total. The Morgan fingerprint density at radius 1 is 1.33 bits per heavy atom. The summed E-state index contributed by atoms with van der Waals surface area (Å²) in [5.74, 6) is 0. The van der Waals surface area contributed by atoms with Gasteiger partial charge in [-0.1, -0.05) is 13.8 Å². The fourth-order valence-corrected chi connectivity index (χ4v) is 3.52. The SMILES string of the molecule is CCn1cc(CC(NC)C2(OC)CCC(C)(C)CC2)cn1. The molecule has 0 saturated heterocycles. The average molecular weight is 293 g/mol. The first-order valence-electron chi connectivity index (χ1n) is 8.18. The predicted octanol–water partition coefficient (Wildman–Crippen LogP) is 3.02. The highest BCUT2D eigenvalue weighted by molar-refractivity contribution is 5.10. The number of nitrogens with zero attached hydrogens (tertiary/aromatic N) is 2. The van der Waals surface area contributed by atoms with E-state index in [0.29, 0.717) is 11.5 Å². The van der Waals surface area contributed by atoms with Gasteiger partial charge in [0.25, 0.3) is 0 Å². The first-order chi connectivity index (χ1) is 9.94. The molecular weight excluding hydrogens is 262 g/mol. The molecular formula is C17H31N3O. The Morgan fingerprint density at radius 3 is 2.48 bits per heavy atom. The Hall–Kier alpha value is -0.870. The van der Waals surface area contributed by atoms with E-state index < -0.39 is 0 Å². The van der Waals surface area contributed by atoms with E-state index in [1.165, 1.54) is 18.4 Å². The molecule has 0 bridgehead atoms. The molecule has 1 fully saturated rings. The van der Waals surface area contributed by atoms with Crippen LogP contribution in [-0.2, 0) is 17.7 Å². The van der Waals surface area contributed by atoms with Crippen molar-refractivity contribution in [1.82, 2.24) is 15.1 Å². The van der Waals surface area contributed by atoms with Gasteiger partial charge in [0, 0.05) is 25.9 Å². The van der Waals surface area contributed by atoms with Crippen molar-refractivity contribution in [1.29, 1.82) is 0 Å². The molecule has 1 aliphatic carbocycles. The number of aryl methyl sites for hydroxylation is 1. The fourth-order valence-electron chi connectivity index (χ4n) is 3.52. The highest BCUT2D eigenvalue weighted by Gasteiger charge is 2.43. The minimum atomic E-state index is -0.0431. The lowest BCUT2D eigenvalue weighted by molar-refractivity contribution is -0.0847. The second-order valence-corrected chi connectivity index (χ2v) is 7.18. The molecule has 4 nitrogen and oxygen atoms in total. The van der Waals surface area contributed by atoms with Crippen LogP contribution in [-0.4, -0.2) is 35.6 Å². The minimum Gasteiger partial charge on any atom is -0.377 e. The second kappa shape index (κ2) is 6.49. The van der Waals surface area contributed by atoms with Crippen LogP contribution >= 0.6 is 0 Å². The molecule has 1 atom stereocenters. The van der Waals surface area contributed by atoms with Crippen molar-refractivity contribution < 1.29 is 4.74 Å². The van der Waals surface area contributed by atoms with Crippen LogP contribution in [0.25, 0.3) is 0 Å².